The Hall–Kier alpha value is -2.19. The Bertz CT molecular complexity index is 793. The van der Waals surface area contributed by atoms with Gasteiger partial charge in [-0.2, -0.15) is 4.31 Å². The van der Waals surface area contributed by atoms with Crippen molar-refractivity contribution < 1.29 is 17.7 Å². The summed E-state index contributed by atoms with van der Waals surface area (Å²) in [7, 11) is -3.52. The summed E-state index contributed by atoms with van der Waals surface area (Å²) in [5.41, 5.74) is 1.01. The molecule has 2 rings (SSSR count). The maximum absolute atomic E-state index is 12.4. The number of nitrogens with zero attached hydrogens (tertiary/aromatic N) is 2. The number of rotatable bonds is 7. The molecule has 0 unspecified atom stereocenters. The Kier molecular flexibility index (Phi) is 5.74. The van der Waals surface area contributed by atoms with Crippen molar-refractivity contribution in [2.45, 2.75) is 32.2 Å². The van der Waals surface area contributed by atoms with Crippen molar-refractivity contribution in [3.05, 3.63) is 47.3 Å². The Morgan fingerprint density at radius 3 is 2.33 bits per heavy atom. The standard InChI is InChI=1S/C16H21N3O4S/c1-4-19(5-2)24(21,22)15-8-6-13(7-9-15)16(20)17-11-14-10-12(3)23-18-14/h6-10H,4-5,11H2,1-3H3,(H,17,20). The van der Waals surface area contributed by atoms with E-state index < -0.39 is 10.0 Å². The van der Waals surface area contributed by atoms with Crippen LogP contribution in [0, 0.1) is 6.92 Å². The quantitative estimate of drug-likeness (QED) is 0.823. The molecule has 0 saturated heterocycles. The number of sulfonamides is 1. The fourth-order valence-corrected chi connectivity index (χ4v) is 3.72. The van der Waals surface area contributed by atoms with Gasteiger partial charge in [-0.3, -0.25) is 4.79 Å². The first-order valence-electron chi connectivity index (χ1n) is 7.69. The van der Waals surface area contributed by atoms with Crippen LogP contribution in [0.15, 0.2) is 39.8 Å². The molecule has 0 radical (unpaired) electrons. The highest BCUT2D eigenvalue weighted by atomic mass is 32.2. The summed E-state index contributed by atoms with van der Waals surface area (Å²) in [6.07, 6.45) is 0. The third-order valence-electron chi connectivity index (χ3n) is 3.57. The van der Waals surface area contributed by atoms with Crippen LogP contribution in [-0.2, 0) is 16.6 Å². The summed E-state index contributed by atoms with van der Waals surface area (Å²) in [5, 5.41) is 6.50. The number of carbonyl (C=O) groups excluding carboxylic acids is 1. The van der Waals surface area contributed by atoms with E-state index in [1.807, 2.05) is 0 Å². The van der Waals surface area contributed by atoms with E-state index in [1.54, 1.807) is 26.8 Å². The van der Waals surface area contributed by atoms with Crippen molar-refractivity contribution in [2.75, 3.05) is 13.1 Å². The average Bonchev–Trinajstić information content (AvgIpc) is 2.99. The normalized spacial score (nSPS) is 11.7. The summed E-state index contributed by atoms with van der Waals surface area (Å²) in [4.78, 5) is 12.3. The lowest BCUT2D eigenvalue weighted by Crippen LogP contribution is -2.30. The SMILES string of the molecule is CCN(CC)S(=O)(=O)c1ccc(C(=O)NCc2cc(C)on2)cc1. The minimum Gasteiger partial charge on any atom is -0.361 e. The molecule has 0 aliphatic rings. The molecule has 1 amide bonds. The Morgan fingerprint density at radius 1 is 1.21 bits per heavy atom. The van der Waals surface area contributed by atoms with Gasteiger partial charge in [0.1, 0.15) is 11.5 Å². The van der Waals surface area contributed by atoms with Gasteiger partial charge in [-0.05, 0) is 31.2 Å². The van der Waals surface area contributed by atoms with Crippen LogP contribution in [0.4, 0.5) is 0 Å². The molecule has 8 heteroatoms. The molecule has 0 aliphatic carbocycles. The zero-order valence-electron chi connectivity index (χ0n) is 13.9. The molecule has 0 spiro atoms. The van der Waals surface area contributed by atoms with Gasteiger partial charge in [0.2, 0.25) is 10.0 Å². The van der Waals surface area contributed by atoms with E-state index in [0.717, 1.165) is 0 Å². The Balaban J connectivity index is 2.07. The molecule has 0 saturated carbocycles. The fraction of sp³-hybridized carbons (Fsp3) is 0.375. The van der Waals surface area contributed by atoms with Crippen molar-refractivity contribution in [1.82, 2.24) is 14.8 Å². The van der Waals surface area contributed by atoms with E-state index in [9.17, 15) is 13.2 Å². The van der Waals surface area contributed by atoms with Gasteiger partial charge in [0.25, 0.3) is 5.91 Å². The second kappa shape index (κ2) is 7.59. The van der Waals surface area contributed by atoms with Crippen LogP contribution < -0.4 is 5.32 Å². The molecule has 1 N–H and O–H groups in total. The lowest BCUT2D eigenvalue weighted by molar-refractivity contribution is 0.0950. The molecule has 1 heterocycles. The maximum Gasteiger partial charge on any atom is 0.251 e. The minimum atomic E-state index is -3.52. The molecular weight excluding hydrogens is 330 g/mol. The van der Waals surface area contributed by atoms with E-state index in [2.05, 4.69) is 10.5 Å². The van der Waals surface area contributed by atoms with Gasteiger partial charge < -0.3 is 9.84 Å². The first kappa shape index (κ1) is 18.2. The smallest absolute Gasteiger partial charge is 0.251 e. The maximum atomic E-state index is 12.4. The van der Waals surface area contributed by atoms with Gasteiger partial charge in [-0.25, -0.2) is 8.42 Å². The zero-order chi connectivity index (χ0) is 17.7. The minimum absolute atomic E-state index is 0.176. The number of hydrogen-bond acceptors (Lipinski definition) is 5. The highest BCUT2D eigenvalue weighted by molar-refractivity contribution is 7.89. The number of amides is 1. The largest absolute Gasteiger partial charge is 0.361 e. The van der Waals surface area contributed by atoms with E-state index in [4.69, 9.17) is 4.52 Å². The third-order valence-corrected chi connectivity index (χ3v) is 5.63. The molecule has 1 aromatic heterocycles. The molecule has 130 valence electrons. The Morgan fingerprint density at radius 2 is 1.83 bits per heavy atom. The number of hydrogen-bond donors (Lipinski definition) is 1. The number of aromatic nitrogens is 1. The van der Waals surface area contributed by atoms with Gasteiger partial charge in [0.15, 0.2) is 0 Å². The van der Waals surface area contributed by atoms with Crippen LogP contribution in [0.25, 0.3) is 0 Å². The van der Waals surface area contributed by atoms with Gasteiger partial charge in [0, 0.05) is 24.7 Å². The van der Waals surface area contributed by atoms with E-state index in [-0.39, 0.29) is 17.3 Å². The van der Waals surface area contributed by atoms with Gasteiger partial charge in [-0.15, -0.1) is 0 Å². The van der Waals surface area contributed by atoms with Crippen molar-refractivity contribution in [3.63, 3.8) is 0 Å². The van der Waals surface area contributed by atoms with Crippen LogP contribution in [0.1, 0.15) is 35.7 Å². The zero-order valence-corrected chi connectivity index (χ0v) is 14.8. The van der Waals surface area contributed by atoms with Crippen LogP contribution in [0.2, 0.25) is 0 Å². The lowest BCUT2D eigenvalue weighted by atomic mass is 10.2. The van der Waals surface area contributed by atoms with Gasteiger partial charge in [0.05, 0.1) is 11.4 Å². The summed E-state index contributed by atoms with van der Waals surface area (Å²) >= 11 is 0. The lowest BCUT2D eigenvalue weighted by Gasteiger charge is -2.18. The molecule has 0 fully saturated rings. The molecule has 24 heavy (non-hydrogen) atoms. The third kappa shape index (κ3) is 4.01. The predicted molar refractivity (Wildman–Crippen MR) is 89.0 cm³/mol. The summed E-state index contributed by atoms with van der Waals surface area (Å²) in [6.45, 7) is 6.39. The molecule has 1 aromatic carbocycles. The molecule has 0 aliphatic heterocycles. The van der Waals surface area contributed by atoms with Crippen LogP contribution in [-0.4, -0.2) is 36.9 Å². The summed E-state index contributed by atoms with van der Waals surface area (Å²) < 4.78 is 31.1. The van der Waals surface area contributed by atoms with Crippen LogP contribution in [0.5, 0.6) is 0 Å². The van der Waals surface area contributed by atoms with Gasteiger partial charge >= 0.3 is 0 Å². The second-order valence-electron chi connectivity index (χ2n) is 5.23. The Labute approximate surface area is 141 Å². The predicted octanol–water partition coefficient (Wildman–Crippen LogP) is 1.94. The van der Waals surface area contributed by atoms with Crippen LogP contribution in [0.3, 0.4) is 0 Å². The van der Waals surface area contributed by atoms with Gasteiger partial charge in [-0.1, -0.05) is 19.0 Å². The number of aryl methyl sites for hydroxylation is 1. The van der Waals surface area contributed by atoms with E-state index >= 15 is 0 Å². The average molecular weight is 351 g/mol. The summed E-state index contributed by atoms with van der Waals surface area (Å²) in [6, 6.07) is 7.63. The van der Waals surface area contributed by atoms with E-state index in [1.165, 1.54) is 28.6 Å². The molecule has 2 aromatic rings. The van der Waals surface area contributed by atoms with E-state index in [0.29, 0.717) is 30.1 Å². The molecule has 0 atom stereocenters. The highest BCUT2D eigenvalue weighted by Crippen LogP contribution is 2.16. The second-order valence-corrected chi connectivity index (χ2v) is 7.16. The number of carbonyl (C=O) groups is 1. The number of benzene rings is 1. The molecule has 7 nitrogen and oxygen atoms in total. The summed E-state index contributed by atoms with van der Waals surface area (Å²) in [5.74, 6) is 0.368. The topological polar surface area (TPSA) is 92.5 Å². The fourth-order valence-electron chi connectivity index (χ4n) is 2.27. The van der Waals surface area contributed by atoms with Crippen molar-refractivity contribution in [3.8, 4) is 0 Å². The first-order valence-corrected chi connectivity index (χ1v) is 9.13. The first-order chi connectivity index (χ1) is 11.4. The highest BCUT2D eigenvalue weighted by Gasteiger charge is 2.21. The van der Waals surface area contributed by atoms with Crippen LogP contribution >= 0.6 is 0 Å². The molecule has 0 bridgehead atoms. The number of nitrogens with one attached hydrogen (secondary N) is 1. The van der Waals surface area contributed by atoms with Crippen molar-refractivity contribution in [2.24, 2.45) is 0 Å². The van der Waals surface area contributed by atoms with Crippen molar-refractivity contribution >= 4 is 15.9 Å². The van der Waals surface area contributed by atoms with Crippen molar-refractivity contribution in [1.29, 1.82) is 0 Å². The monoisotopic (exact) mass is 351 g/mol. The molecular formula is C16H21N3O4S.